The van der Waals surface area contributed by atoms with Crippen molar-refractivity contribution in [1.82, 2.24) is 0 Å². The number of anilines is 2. The van der Waals surface area contributed by atoms with Gasteiger partial charge in [-0.3, -0.25) is 9.59 Å². The molecule has 2 aromatic carbocycles. The Kier molecular flexibility index (Phi) is 6.17. The Bertz CT molecular complexity index is 1130. The molecule has 4 rings (SSSR count). The fraction of sp³-hybridized carbons (Fsp3) is 0. The molecule has 4 nitrogen and oxygen atoms in total. The zero-order chi connectivity index (χ0) is 20.8. The smallest absolute Gasteiger partial charge is 0.248 e. The Labute approximate surface area is 182 Å². The van der Waals surface area contributed by atoms with Crippen LogP contribution in [0.3, 0.4) is 0 Å². The van der Waals surface area contributed by atoms with Crippen LogP contribution in [0.25, 0.3) is 22.9 Å². The van der Waals surface area contributed by atoms with E-state index in [4.69, 9.17) is 0 Å². The lowest BCUT2D eigenvalue weighted by atomic mass is 10.1. The van der Waals surface area contributed by atoms with Crippen molar-refractivity contribution in [2.24, 2.45) is 0 Å². The van der Waals surface area contributed by atoms with Gasteiger partial charge in [-0.25, -0.2) is 0 Å². The molecule has 0 saturated carbocycles. The minimum atomic E-state index is -0.204. The predicted molar refractivity (Wildman–Crippen MR) is 128 cm³/mol. The third-order valence-electron chi connectivity index (χ3n) is 4.32. The molecule has 0 aliphatic heterocycles. The van der Waals surface area contributed by atoms with Crippen LogP contribution in [-0.2, 0) is 9.59 Å². The summed E-state index contributed by atoms with van der Waals surface area (Å²) in [5.41, 5.74) is 1.39. The molecular formula is C24H18N2O2S2. The summed E-state index contributed by atoms with van der Waals surface area (Å²) < 4.78 is 0. The van der Waals surface area contributed by atoms with Gasteiger partial charge in [-0.05, 0) is 47.2 Å². The minimum absolute atomic E-state index is 0.204. The molecule has 0 atom stereocenters. The number of nitrogens with one attached hydrogen (secondary N) is 2. The van der Waals surface area contributed by atoms with Gasteiger partial charge in [-0.2, -0.15) is 0 Å². The molecule has 0 bridgehead atoms. The second-order valence-corrected chi connectivity index (χ2v) is 8.34. The van der Waals surface area contributed by atoms with Gasteiger partial charge in [-0.1, -0.05) is 36.4 Å². The van der Waals surface area contributed by atoms with Crippen molar-refractivity contribution in [3.05, 3.63) is 93.3 Å². The van der Waals surface area contributed by atoms with Crippen LogP contribution in [0.1, 0.15) is 9.75 Å². The zero-order valence-corrected chi connectivity index (χ0v) is 17.5. The third-order valence-corrected chi connectivity index (χ3v) is 6.00. The highest BCUT2D eigenvalue weighted by Gasteiger charge is 2.08. The van der Waals surface area contributed by atoms with Crippen LogP contribution in [0.15, 0.2) is 83.6 Å². The summed E-state index contributed by atoms with van der Waals surface area (Å²) in [5.74, 6) is -0.409. The lowest BCUT2D eigenvalue weighted by Gasteiger charge is -2.11. The Morgan fingerprint density at radius 3 is 1.50 bits per heavy atom. The molecule has 148 valence electrons. The van der Waals surface area contributed by atoms with Crippen LogP contribution in [0.2, 0.25) is 0 Å². The number of amides is 2. The van der Waals surface area contributed by atoms with E-state index in [-0.39, 0.29) is 11.8 Å². The van der Waals surface area contributed by atoms with Crippen LogP contribution in [0, 0.1) is 0 Å². The molecule has 0 spiro atoms. The highest BCUT2D eigenvalue weighted by atomic mass is 32.1. The number of carbonyl (C=O) groups is 2. The molecule has 0 radical (unpaired) electrons. The topological polar surface area (TPSA) is 58.2 Å². The summed E-state index contributed by atoms with van der Waals surface area (Å²) in [4.78, 5) is 26.7. The van der Waals surface area contributed by atoms with Gasteiger partial charge in [-0.15, -0.1) is 22.7 Å². The van der Waals surface area contributed by atoms with Gasteiger partial charge in [0, 0.05) is 44.1 Å². The van der Waals surface area contributed by atoms with Crippen LogP contribution in [0.5, 0.6) is 0 Å². The van der Waals surface area contributed by atoms with Gasteiger partial charge in [0.1, 0.15) is 0 Å². The maximum atomic E-state index is 12.3. The van der Waals surface area contributed by atoms with Gasteiger partial charge in [0.2, 0.25) is 11.8 Å². The molecule has 4 aromatic rings. The summed E-state index contributed by atoms with van der Waals surface area (Å²) in [6.07, 6.45) is 6.62. The summed E-state index contributed by atoms with van der Waals surface area (Å²) in [6.45, 7) is 0. The number of carbonyl (C=O) groups excluding carboxylic acids is 2. The average Bonchev–Trinajstić information content (AvgIpc) is 3.46. The van der Waals surface area contributed by atoms with Crippen molar-refractivity contribution in [1.29, 1.82) is 0 Å². The van der Waals surface area contributed by atoms with E-state index in [2.05, 4.69) is 10.6 Å². The van der Waals surface area contributed by atoms with E-state index in [9.17, 15) is 9.59 Å². The van der Waals surface area contributed by atoms with E-state index in [0.717, 1.165) is 20.5 Å². The van der Waals surface area contributed by atoms with E-state index in [1.165, 1.54) is 12.2 Å². The Balaban J connectivity index is 1.52. The SMILES string of the molecule is O=C(/C=C/c1cccs1)Nc1cccc2c(NC(=O)/C=C/c3cccs3)cccc12. The van der Waals surface area contributed by atoms with Crippen molar-refractivity contribution >= 4 is 68.8 Å². The van der Waals surface area contributed by atoms with E-state index in [1.807, 2.05) is 71.4 Å². The van der Waals surface area contributed by atoms with Gasteiger partial charge in [0.05, 0.1) is 0 Å². The first-order valence-electron chi connectivity index (χ1n) is 9.26. The maximum Gasteiger partial charge on any atom is 0.248 e. The molecule has 0 saturated heterocycles. The molecule has 0 unspecified atom stereocenters. The molecule has 6 heteroatoms. The van der Waals surface area contributed by atoms with Gasteiger partial charge in [0.15, 0.2) is 0 Å². The highest BCUT2D eigenvalue weighted by Crippen LogP contribution is 2.29. The summed E-state index contributed by atoms with van der Waals surface area (Å²) in [6, 6.07) is 19.1. The van der Waals surface area contributed by atoms with E-state index >= 15 is 0 Å². The second kappa shape index (κ2) is 9.35. The van der Waals surface area contributed by atoms with Gasteiger partial charge >= 0.3 is 0 Å². The molecule has 2 heterocycles. The third kappa shape index (κ3) is 4.92. The van der Waals surface area contributed by atoms with Crippen molar-refractivity contribution in [3.8, 4) is 0 Å². The Morgan fingerprint density at radius 1 is 0.633 bits per heavy atom. The molecular weight excluding hydrogens is 412 g/mol. The fourth-order valence-corrected chi connectivity index (χ4v) is 4.20. The predicted octanol–water partition coefficient (Wildman–Crippen LogP) is 6.27. The number of fused-ring (bicyclic) bond motifs is 1. The lowest BCUT2D eigenvalue weighted by molar-refractivity contribution is -0.112. The molecule has 2 amide bonds. The first kappa shape index (κ1) is 19.8. The fourth-order valence-electron chi connectivity index (χ4n) is 2.96. The number of hydrogen-bond donors (Lipinski definition) is 2. The molecule has 0 fully saturated rings. The van der Waals surface area contributed by atoms with Gasteiger partial charge < -0.3 is 10.6 Å². The standard InChI is InChI=1S/C24H18N2O2S2/c27-23(13-11-17-5-3-15-29-17)25-21-9-1-7-19-20(21)8-2-10-22(19)26-24(28)14-12-18-6-4-16-30-18/h1-16H,(H,25,27)(H,26,28)/b13-11+,14-12+. The van der Waals surface area contributed by atoms with E-state index in [1.54, 1.807) is 34.8 Å². The highest BCUT2D eigenvalue weighted by molar-refractivity contribution is 7.11. The quantitative estimate of drug-likeness (QED) is 0.354. The summed E-state index contributed by atoms with van der Waals surface area (Å²) >= 11 is 3.14. The van der Waals surface area contributed by atoms with Crippen LogP contribution < -0.4 is 10.6 Å². The van der Waals surface area contributed by atoms with Crippen LogP contribution in [-0.4, -0.2) is 11.8 Å². The molecule has 0 aliphatic rings. The van der Waals surface area contributed by atoms with E-state index in [0.29, 0.717) is 11.4 Å². The number of rotatable bonds is 6. The number of benzene rings is 2. The first-order chi connectivity index (χ1) is 14.7. The van der Waals surface area contributed by atoms with Crippen LogP contribution in [0.4, 0.5) is 11.4 Å². The molecule has 2 N–H and O–H groups in total. The van der Waals surface area contributed by atoms with Crippen molar-refractivity contribution in [2.75, 3.05) is 10.6 Å². The van der Waals surface area contributed by atoms with Gasteiger partial charge in [0.25, 0.3) is 0 Å². The number of thiophene rings is 2. The Hall–Kier alpha value is -3.48. The van der Waals surface area contributed by atoms with Crippen molar-refractivity contribution in [3.63, 3.8) is 0 Å². The molecule has 0 aliphatic carbocycles. The minimum Gasteiger partial charge on any atom is -0.322 e. The maximum absolute atomic E-state index is 12.3. The lowest BCUT2D eigenvalue weighted by Crippen LogP contribution is -2.10. The average molecular weight is 431 g/mol. The normalized spacial score (nSPS) is 11.3. The van der Waals surface area contributed by atoms with Crippen molar-refractivity contribution < 1.29 is 9.59 Å². The summed E-state index contributed by atoms with van der Waals surface area (Å²) in [5, 5.41) is 11.5. The Morgan fingerprint density at radius 2 is 1.10 bits per heavy atom. The summed E-state index contributed by atoms with van der Waals surface area (Å²) in [7, 11) is 0. The monoisotopic (exact) mass is 430 g/mol. The number of hydrogen-bond acceptors (Lipinski definition) is 4. The van der Waals surface area contributed by atoms with Crippen LogP contribution >= 0.6 is 22.7 Å². The van der Waals surface area contributed by atoms with E-state index < -0.39 is 0 Å². The first-order valence-corrected chi connectivity index (χ1v) is 11.0. The second-order valence-electron chi connectivity index (χ2n) is 6.38. The van der Waals surface area contributed by atoms with Crippen molar-refractivity contribution in [2.45, 2.75) is 0 Å². The largest absolute Gasteiger partial charge is 0.322 e. The molecule has 30 heavy (non-hydrogen) atoms. The zero-order valence-electron chi connectivity index (χ0n) is 15.9. The molecule has 2 aromatic heterocycles.